The predicted octanol–water partition coefficient (Wildman–Crippen LogP) is 1.59. The Morgan fingerprint density at radius 3 is 2.72 bits per heavy atom. The fourth-order valence-corrected chi connectivity index (χ4v) is 1.51. The lowest BCUT2D eigenvalue weighted by molar-refractivity contribution is 0.108. The van der Waals surface area contributed by atoms with Gasteiger partial charge in [-0.25, -0.2) is 4.68 Å². The van der Waals surface area contributed by atoms with E-state index in [1.54, 1.807) is 11.0 Å². The van der Waals surface area contributed by atoms with E-state index in [1.807, 2.05) is 30.3 Å². The summed E-state index contributed by atoms with van der Waals surface area (Å²) in [6, 6.07) is 10.1. The van der Waals surface area contributed by atoms with E-state index in [0.717, 1.165) is 5.69 Å². The maximum atomic E-state index is 5.36. The summed E-state index contributed by atoms with van der Waals surface area (Å²) in [5.41, 5.74) is 0.950. The number of hydrogen-bond donors (Lipinski definition) is 1. The van der Waals surface area contributed by atoms with E-state index in [9.17, 15) is 0 Å². The number of nitrogens with zero attached hydrogens (tertiary/aromatic N) is 3. The smallest absolute Gasteiger partial charge is 0.335 e. The second-order valence-electron chi connectivity index (χ2n) is 3.49. The molecule has 0 saturated heterocycles. The standard InChI is InChI=1S/C12H15N3O2S/c18-9-8-16-6-7-17-12-13-10-15(14-12)11-4-2-1-3-5-11/h1-5,10,18H,6-9H2. The molecule has 2 rings (SSSR count). The van der Waals surface area contributed by atoms with Gasteiger partial charge in [-0.15, -0.1) is 5.10 Å². The SMILES string of the molecule is SCCOCCOc1ncn(-c2ccccc2)n1. The van der Waals surface area contributed by atoms with Crippen LogP contribution in [0.5, 0.6) is 6.01 Å². The van der Waals surface area contributed by atoms with Crippen molar-refractivity contribution in [3.05, 3.63) is 36.7 Å². The summed E-state index contributed by atoms with van der Waals surface area (Å²) in [7, 11) is 0. The van der Waals surface area contributed by atoms with Gasteiger partial charge in [0.15, 0.2) is 0 Å². The Morgan fingerprint density at radius 1 is 1.11 bits per heavy atom. The molecule has 18 heavy (non-hydrogen) atoms. The molecule has 2 aromatic rings. The van der Waals surface area contributed by atoms with Crippen LogP contribution in [0.25, 0.3) is 5.69 Å². The Hall–Kier alpha value is -1.53. The summed E-state index contributed by atoms with van der Waals surface area (Å²) in [5.74, 6) is 0.709. The monoisotopic (exact) mass is 265 g/mol. The number of ether oxygens (including phenoxy) is 2. The van der Waals surface area contributed by atoms with Gasteiger partial charge in [-0.2, -0.15) is 17.6 Å². The summed E-state index contributed by atoms with van der Waals surface area (Å²) in [6.45, 7) is 1.57. The molecule has 5 nitrogen and oxygen atoms in total. The maximum absolute atomic E-state index is 5.36. The molecule has 0 atom stereocenters. The van der Waals surface area contributed by atoms with Crippen LogP contribution in [0.15, 0.2) is 36.7 Å². The van der Waals surface area contributed by atoms with Gasteiger partial charge in [0.2, 0.25) is 0 Å². The van der Waals surface area contributed by atoms with Gasteiger partial charge in [-0.05, 0) is 12.1 Å². The van der Waals surface area contributed by atoms with Gasteiger partial charge in [-0.1, -0.05) is 18.2 Å². The minimum Gasteiger partial charge on any atom is -0.460 e. The highest BCUT2D eigenvalue weighted by atomic mass is 32.1. The Morgan fingerprint density at radius 2 is 1.94 bits per heavy atom. The molecule has 96 valence electrons. The number of thiol groups is 1. The molecular weight excluding hydrogens is 250 g/mol. The van der Waals surface area contributed by atoms with Gasteiger partial charge < -0.3 is 9.47 Å². The molecule has 1 heterocycles. The first kappa shape index (κ1) is 12.9. The van der Waals surface area contributed by atoms with Gasteiger partial charge >= 0.3 is 6.01 Å². The summed E-state index contributed by atoms with van der Waals surface area (Å²) in [5, 5.41) is 4.21. The van der Waals surface area contributed by atoms with Gasteiger partial charge in [0, 0.05) is 5.75 Å². The van der Waals surface area contributed by atoms with Crippen LogP contribution in [0.4, 0.5) is 0 Å². The quantitative estimate of drug-likeness (QED) is 0.610. The van der Waals surface area contributed by atoms with Crippen molar-refractivity contribution < 1.29 is 9.47 Å². The highest BCUT2D eigenvalue weighted by Crippen LogP contribution is 2.07. The molecule has 0 fully saturated rings. The van der Waals surface area contributed by atoms with Gasteiger partial charge in [0.25, 0.3) is 0 Å². The molecule has 0 aliphatic carbocycles. The zero-order valence-corrected chi connectivity index (χ0v) is 10.8. The number of rotatable bonds is 7. The highest BCUT2D eigenvalue weighted by Gasteiger charge is 2.02. The van der Waals surface area contributed by atoms with E-state index in [0.29, 0.717) is 31.6 Å². The Kier molecular flexibility index (Phi) is 5.04. The fraction of sp³-hybridized carbons (Fsp3) is 0.333. The van der Waals surface area contributed by atoms with Gasteiger partial charge in [0.05, 0.1) is 18.9 Å². The van der Waals surface area contributed by atoms with Gasteiger partial charge in [0.1, 0.15) is 12.9 Å². The molecule has 1 aromatic heterocycles. The number of para-hydroxylation sites is 1. The van der Waals surface area contributed by atoms with Crippen LogP contribution in [-0.4, -0.2) is 40.3 Å². The van der Waals surface area contributed by atoms with Crippen molar-refractivity contribution in [2.24, 2.45) is 0 Å². The van der Waals surface area contributed by atoms with E-state index >= 15 is 0 Å². The molecular formula is C12H15N3O2S. The number of aromatic nitrogens is 3. The topological polar surface area (TPSA) is 49.2 Å². The molecule has 6 heteroatoms. The lowest BCUT2D eigenvalue weighted by atomic mass is 10.3. The third-order valence-electron chi connectivity index (χ3n) is 2.19. The molecule has 0 N–H and O–H groups in total. The first-order chi connectivity index (χ1) is 8.90. The van der Waals surface area contributed by atoms with Crippen LogP contribution in [0.3, 0.4) is 0 Å². The molecule has 0 unspecified atom stereocenters. The van der Waals surface area contributed by atoms with Gasteiger partial charge in [-0.3, -0.25) is 0 Å². The van der Waals surface area contributed by atoms with E-state index in [1.165, 1.54) is 0 Å². The first-order valence-corrected chi connectivity index (χ1v) is 6.32. The van der Waals surface area contributed by atoms with Crippen molar-refractivity contribution in [1.29, 1.82) is 0 Å². The van der Waals surface area contributed by atoms with E-state index < -0.39 is 0 Å². The summed E-state index contributed by atoms with van der Waals surface area (Å²) >= 11 is 4.04. The minimum absolute atomic E-state index is 0.355. The molecule has 0 aliphatic rings. The average Bonchev–Trinajstić information content (AvgIpc) is 2.88. The highest BCUT2D eigenvalue weighted by molar-refractivity contribution is 7.80. The van der Waals surface area contributed by atoms with Crippen molar-refractivity contribution in [1.82, 2.24) is 14.8 Å². The fourth-order valence-electron chi connectivity index (χ4n) is 1.38. The van der Waals surface area contributed by atoms with Crippen LogP contribution >= 0.6 is 12.6 Å². The van der Waals surface area contributed by atoms with Crippen LogP contribution in [-0.2, 0) is 4.74 Å². The summed E-state index contributed by atoms with van der Waals surface area (Å²) < 4.78 is 12.3. The molecule has 0 amide bonds. The van der Waals surface area contributed by atoms with Crippen LogP contribution < -0.4 is 4.74 Å². The third kappa shape index (κ3) is 3.75. The Labute approximate surface area is 111 Å². The zero-order valence-electron chi connectivity index (χ0n) is 9.90. The number of benzene rings is 1. The largest absolute Gasteiger partial charge is 0.460 e. The third-order valence-corrected chi connectivity index (χ3v) is 2.37. The lowest BCUT2D eigenvalue weighted by Gasteiger charge is -2.02. The number of hydrogen-bond acceptors (Lipinski definition) is 5. The van der Waals surface area contributed by atoms with Crippen molar-refractivity contribution in [3.63, 3.8) is 0 Å². The summed E-state index contributed by atoms with van der Waals surface area (Å²) in [4.78, 5) is 4.07. The molecule has 0 saturated carbocycles. The minimum atomic E-state index is 0.355. The van der Waals surface area contributed by atoms with Crippen molar-refractivity contribution in [2.45, 2.75) is 0 Å². The lowest BCUT2D eigenvalue weighted by Crippen LogP contribution is -2.09. The Balaban J connectivity index is 1.83. The van der Waals surface area contributed by atoms with E-state index in [2.05, 4.69) is 22.7 Å². The zero-order chi connectivity index (χ0) is 12.6. The van der Waals surface area contributed by atoms with Crippen molar-refractivity contribution in [3.8, 4) is 11.7 Å². The van der Waals surface area contributed by atoms with Crippen LogP contribution in [0.1, 0.15) is 0 Å². The van der Waals surface area contributed by atoms with Crippen LogP contribution in [0.2, 0.25) is 0 Å². The van der Waals surface area contributed by atoms with Crippen molar-refractivity contribution in [2.75, 3.05) is 25.6 Å². The average molecular weight is 265 g/mol. The van der Waals surface area contributed by atoms with E-state index in [-0.39, 0.29) is 0 Å². The van der Waals surface area contributed by atoms with Crippen molar-refractivity contribution >= 4 is 12.6 Å². The van der Waals surface area contributed by atoms with E-state index in [4.69, 9.17) is 9.47 Å². The van der Waals surface area contributed by atoms with Crippen LogP contribution in [0, 0.1) is 0 Å². The maximum Gasteiger partial charge on any atom is 0.335 e. The molecule has 0 aliphatic heterocycles. The summed E-state index contributed by atoms with van der Waals surface area (Å²) in [6.07, 6.45) is 1.62. The molecule has 0 bridgehead atoms. The molecule has 1 aromatic carbocycles. The normalized spacial score (nSPS) is 10.5. The predicted molar refractivity (Wildman–Crippen MR) is 71.5 cm³/mol. The Bertz CT molecular complexity index is 461. The second kappa shape index (κ2) is 7.03. The molecule has 0 radical (unpaired) electrons. The second-order valence-corrected chi connectivity index (χ2v) is 3.94. The first-order valence-electron chi connectivity index (χ1n) is 5.68. The molecule has 0 spiro atoms.